The Bertz CT molecular complexity index is 1970. The van der Waals surface area contributed by atoms with Gasteiger partial charge in [0.25, 0.3) is 0 Å². The third-order valence-corrected chi connectivity index (χ3v) is 10.2. The number of halogens is 3. The number of benzene rings is 2. The average Bonchev–Trinajstić information content (AvgIpc) is 3.86. The minimum atomic E-state index is -0.913. The first-order chi connectivity index (χ1) is 22.8. The van der Waals surface area contributed by atoms with Crippen molar-refractivity contribution in [2.75, 3.05) is 37.7 Å². The van der Waals surface area contributed by atoms with E-state index in [0.717, 1.165) is 32.4 Å². The summed E-state index contributed by atoms with van der Waals surface area (Å²) in [5, 5.41) is 16.4. The number of aryl methyl sites for hydroxylation is 1. The molecule has 3 aromatic heterocycles. The summed E-state index contributed by atoms with van der Waals surface area (Å²) in [4.78, 5) is 18.2. The number of rotatable bonds is 8. The van der Waals surface area contributed by atoms with Crippen molar-refractivity contribution in [1.82, 2.24) is 29.6 Å². The summed E-state index contributed by atoms with van der Waals surface area (Å²) < 4.78 is 54.5. The van der Waals surface area contributed by atoms with E-state index in [1.165, 1.54) is 18.2 Å². The van der Waals surface area contributed by atoms with Crippen LogP contribution in [0, 0.1) is 17.6 Å². The van der Waals surface area contributed by atoms with Gasteiger partial charge in [-0.2, -0.15) is 15.1 Å². The Morgan fingerprint density at radius 3 is 2.85 bits per heavy atom. The summed E-state index contributed by atoms with van der Waals surface area (Å²) in [5.74, 6) is -0.393. The van der Waals surface area contributed by atoms with E-state index in [4.69, 9.17) is 9.72 Å². The number of pyridine rings is 1. The maximum atomic E-state index is 16.9. The number of phenolic OH excluding ortho intramolecular Hbond substituents is 1. The van der Waals surface area contributed by atoms with E-state index in [1.807, 2.05) is 23.9 Å². The van der Waals surface area contributed by atoms with Gasteiger partial charge in [0.2, 0.25) is 0 Å². The molecule has 0 radical (unpaired) electrons. The second-order valence-electron chi connectivity index (χ2n) is 13.2. The number of ether oxygens (including phenoxy) is 1. The van der Waals surface area contributed by atoms with Crippen molar-refractivity contribution >= 4 is 27.5 Å². The SMILES string of the molecule is CCc1c(F)ccc2cc(O)cc(-c3ncc4c(N5CCC(Cn6cccn6)C5)nc(OC[C@@]56CCCN5C[C@H](F)C6)nc4c3F)c12. The lowest BCUT2D eigenvalue weighted by Gasteiger charge is -2.31. The molecule has 0 spiro atoms. The molecule has 47 heavy (non-hydrogen) atoms. The zero-order chi connectivity index (χ0) is 32.3. The van der Waals surface area contributed by atoms with Gasteiger partial charge in [0.05, 0.1) is 10.9 Å². The van der Waals surface area contributed by atoms with Gasteiger partial charge in [0.1, 0.15) is 41.4 Å². The number of hydrogen-bond donors (Lipinski definition) is 1. The molecular weight excluding hydrogens is 607 g/mol. The molecule has 2 aromatic carbocycles. The van der Waals surface area contributed by atoms with Crippen LogP contribution in [0.2, 0.25) is 0 Å². The maximum Gasteiger partial charge on any atom is 0.319 e. The van der Waals surface area contributed by atoms with Gasteiger partial charge in [-0.1, -0.05) is 13.0 Å². The highest BCUT2D eigenvalue weighted by molar-refractivity contribution is 6.01. The van der Waals surface area contributed by atoms with E-state index < -0.39 is 23.3 Å². The van der Waals surface area contributed by atoms with E-state index in [2.05, 4.69) is 24.9 Å². The first kappa shape index (κ1) is 29.9. The summed E-state index contributed by atoms with van der Waals surface area (Å²) in [7, 11) is 0. The molecule has 12 heteroatoms. The molecule has 6 heterocycles. The molecule has 244 valence electrons. The van der Waals surface area contributed by atoms with Gasteiger partial charge in [-0.05, 0) is 78.7 Å². The van der Waals surface area contributed by atoms with Gasteiger partial charge in [-0.15, -0.1) is 0 Å². The van der Waals surface area contributed by atoms with Crippen molar-refractivity contribution in [2.45, 2.75) is 57.3 Å². The van der Waals surface area contributed by atoms with E-state index in [1.54, 1.807) is 18.5 Å². The lowest BCUT2D eigenvalue weighted by Crippen LogP contribution is -2.43. The van der Waals surface area contributed by atoms with Crippen molar-refractivity contribution in [3.8, 4) is 23.0 Å². The van der Waals surface area contributed by atoms with E-state index >= 15 is 4.39 Å². The average molecular weight is 644 g/mol. The Kier molecular flexibility index (Phi) is 7.42. The van der Waals surface area contributed by atoms with Gasteiger partial charge in [-0.3, -0.25) is 14.6 Å². The Morgan fingerprint density at radius 1 is 1.13 bits per heavy atom. The smallest absolute Gasteiger partial charge is 0.319 e. The molecule has 3 aliphatic rings. The van der Waals surface area contributed by atoms with Crippen molar-refractivity contribution < 1.29 is 23.0 Å². The van der Waals surface area contributed by atoms with Crippen molar-refractivity contribution in [3.05, 3.63) is 66.1 Å². The van der Waals surface area contributed by atoms with Crippen molar-refractivity contribution in [2.24, 2.45) is 5.92 Å². The molecule has 1 unspecified atom stereocenters. The molecule has 0 saturated carbocycles. The number of aromatic nitrogens is 5. The highest BCUT2D eigenvalue weighted by Crippen LogP contribution is 2.42. The van der Waals surface area contributed by atoms with Crippen LogP contribution in [0.25, 0.3) is 32.9 Å². The number of aromatic hydroxyl groups is 1. The normalized spacial score (nSPS) is 22.9. The first-order valence-electron chi connectivity index (χ1n) is 16.4. The lowest BCUT2D eigenvalue weighted by atomic mass is 9.94. The highest BCUT2D eigenvalue weighted by atomic mass is 19.1. The van der Waals surface area contributed by atoms with Crippen LogP contribution in [-0.4, -0.2) is 79.2 Å². The molecule has 9 nitrogen and oxygen atoms in total. The third-order valence-electron chi connectivity index (χ3n) is 10.2. The predicted molar refractivity (Wildman–Crippen MR) is 172 cm³/mol. The fourth-order valence-electron chi connectivity index (χ4n) is 8.04. The third kappa shape index (κ3) is 5.22. The van der Waals surface area contributed by atoms with E-state index in [9.17, 15) is 13.9 Å². The summed E-state index contributed by atoms with van der Waals surface area (Å²) in [5.41, 5.74) is 0.230. The number of alkyl halides is 1. The Hall–Kier alpha value is -4.45. The summed E-state index contributed by atoms with van der Waals surface area (Å²) in [6, 6.07) is 7.79. The fraction of sp³-hybridized carbons (Fsp3) is 0.429. The summed E-state index contributed by atoms with van der Waals surface area (Å²) in [6.45, 7) is 5.36. The molecule has 3 saturated heterocycles. The molecule has 3 fully saturated rings. The van der Waals surface area contributed by atoms with Crippen LogP contribution in [0.4, 0.5) is 19.0 Å². The van der Waals surface area contributed by atoms with E-state index in [-0.39, 0.29) is 35.1 Å². The quantitative estimate of drug-likeness (QED) is 0.218. The van der Waals surface area contributed by atoms with Crippen LogP contribution in [0.5, 0.6) is 11.8 Å². The second kappa shape index (κ2) is 11.7. The number of anilines is 1. The van der Waals surface area contributed by atoms with Crippen LogP contribution >= 0.6 is 0 Å². The number of nitrogens with zero attached hydrogens (tertiary/aromatic N) is 7. The second-order valence-corrected chi connectivity index (χ2v) is 13.2. The summed E-state index contributed by atoms with van der Waals surface area (Å²) >= 11 is 0. The molecule has 0 amide bonds. The maximum absolute atomic E-state index is 16.9. The van der Waals surface area contributed by atoms with Crippen LogP contribution in [-0.2, 0) is 13.0 Å². The Labute approximate surface area is 270 Å². The molecule has 8 rings (SSSR count). The molecule has 0 aliphatic carbocycles. The zero-order valence-electron chi connectivity index (χ0n) is 26.2. The molecule has 1 N–H and O–H groups in total. The number of hydrogen-bond acceptors (Lipinski definition) is 8. The summed E-state index contributed by atoms with van der Waals surface area (Å²) in [6.07, 6.45) is 7.77. The number of fused-ring (bicyclic) bond motifs is 3. The van der Waals surface area contributed by atoms with Gasteiger partial charge in [0, 0.05) is 56.8 Å². The Balaban J connectivity index is 1.23. The first-order valence-corrected chi connectivity index (χ1v) is 16.4. The van der Waals surface area contributed by atoms with Gasteiger partial charge < -0.3 is 14.7 Å². The molecule has 0 bridgehead atoms. The van der Waals surface area contributed by atoms with Crippen molar-refractivity contribution in [3.63, 3.8) is 0 Å². The van der Waals surface area contributed by atoms with E-state index in [0.29, 0.717) is 65.9 Å². The van der Waals surface area contributed by atoms with Gasteiger partial charge in [-0.25, -0.2) is 13.2 Å². The number of phenols is 1. The predicted octanol–water partition coefficient (Wildman–Crippen LogP) is 6.07. The molecule has 3 atom stereocenters. The monoisotopic (exact) mass is 643 g/mol. The molecule has 3 aliphatic heterocycles. The topological polar surface area (TPSA) is 92.4 Å². The highest BCUT2D eigenvalue weighted by Gasteiger charge is 2.49. The molecular formula is C35H36F3N7O2. The zero-order valence-corrected chi connectivity index (χ0v) is 26.2. The van der Waals surface area contributed by atoms with Crippen LogP contribution in [0.15, 0.2) is 48.9 Å². The van der Waals surface area contributed by atoms with Crippen molar-refractivity contribution in [1.29, 1.82) is 0 Å². The standard InChI is InChI=1S/C35H36F3N7O2/c1-2-25-28(37)6-5-22-13-24(46)14-26(29(22)25)31-30(38)32-27(16-39-31)33(43-12-7-21(17-43)18-45-11-4-9-40-45)42-34(41-32)47-20-35-8-3-10-44(35)19-23(36)15-35/h4-6,9,11,13-14,16,21,23,46H,2-3,7-8,10,12,15,17-20H2,1H3/t21?,23-,35+/m1/s1. The fourth-order valence-corrected chi connectivity index (χ4v) is 8.04. The van der Waals surface area contributed by atoms with Gasteiger partial charge in [0.15, 0.2) is 5.82 Å². The van der Waals surface area contributed by atoms with Crippen LogP contribution in [0.3, 0.4) is 0 Å². The minimum Gasteiger partial charge on any atom is -0.508 e. The van der Waals surface area contributed by atoms with Crippen LogP contribution in [0.1, 0.15) is 38.2 Å². The molecule has 5 aromatic rings. The largest absolute Gasteiger partial charge is 0.508 e. The minimum absolute atomic E-state index is 0.0173. The Morgan fingerprint density at radius 2 is 2.02 bits per heavy atom. The lowest BCUT2D eigenvalue weighted by molar-refractivity contribution is 0.107. The van der Waals surface area contributed by atoms with Gasteiger partial charge >= 0.3 is 6.01 Å². The van der Waals surface area contributed by atoms with Crippen LogP contribution < -0.4 is 9.64 Å².